The lowest BCUT2D eigenvalue weighted by molar-refractivity contribution is -0.148. The molecule has 0 saturated carbocycles. The van der Waals surface area contributed by atoms with Crippen LogP contribution in [0.5, 0.6) is 0 Å². The summed E-state index contributed by atoms with van der Waals surface area (Å²) in [5.41, 5.74) is 3.26. The summed E-state index contributed by atoms with van der Waals surface area (Å²) in [7, 11) is 0. The zero-order chi connectivity index (χ0) is 17.4. The number of ether oxygens (including phenoxy) is 1. The molecular weight excluding hydrogens is 288 g/mol. The third-order valence-electron chi connectivity index (χ3n) is 3.96. The number of hydrogen-bond acceptors (Lipinski definition) is 4. The van der Waals surface area contributed by atoms with Crippen molar-refractivity contribution >= 4 is 17.4 Å². The minimum absolute atomic E-state index is 0. The molecule has 4 nitrogen and oxygen atoms in total. The lowest BCUT2D eigenvalue weighted by atomic mass is 9.96. The highest BCUT2D eigenvalue weighted by atomic mass is 16.5. The molecule has 1 aromatic rings. The molecule has 2 rings (SSSR count). The normalized spacial score (nSPS) is 14.7. The summed E-state index contributed by atoms with van der Waals surface area (Å²) in [4.78, 5) is 18.6. The van der Waals surface area contributed by atoms with Gasteiger partial charge in [0.15, 0.2) is 0 Å². The van der Waals surface area contributed by atoms with Gasteiger partial charge < -0.3 is 9.64 Å². The summed E-state index contributed by atoms with van der Waals surface area (Å²) in [6, 6.07) is 2.13. The van der Waals surface area contributed by atoms with E-state index in [9.17, 15) is 4.79 Å². The molecule has 0 aromatic carbocycles. The van der Waals surface area contributed by atoms with Gasteiger partial charge in [-0.15, -0.1) is 0 Å². The van der Waals surface area contributed by atoms with Gasteiger partial charge in [-0.05, 0) is 56.4 Å². The predicted molar refractivity (Wildman–Crippen MR) is 98.7 cm³/mol. The second-order valence-electron chi connectivity index (χ2n) is 5.66. The quantitative estimate of drug-likeness (QED) is 0.767. The largest absolute Gasteiger partial charge is 0.466 e. The summed E-state index contributed by atoms with van der Waals surface area (Å²) in [6.07, 6.45) is 3.55. The molecule has 0 amide bonds. The van der Waals surface area contributed by atoms with Crippen molar-refractivity contribution in [2.24, 2.45) is 5.92 Å². The molecule has 0 N–H and O–H groups in total. The summed E-state index contributed by atoms with van der Waals surface area (Å²) in [6.45, 7) is 16.0. The van der Waals surface area contributed by atoms with E-state index in [0.29, 0.717) is 6.61 Å². The molecule has 0 atom stereocenters. The molecule has 0 aliphatic carbocycles. The Labute approximate surface area is 142 Å². The van der Waals surface area contributed by atoms with E-state index in [1.54, 1.807) is 0 Å². The van der Waals surface area contributed by atoms with Gasteiger partial charge >= 0.3 is 5.97 Å². The number of pyridine rings is 1. The lowest BCUT2D eigenvalue weighted by Gasteiger charge is -2.32. The highest BCUT2D eigenvalue weighted by molar-refractivity contribution is 5.73. The number of rotatable bonds is 4. The number of esters is 1. The van der Waals surface area contributed by atoms with E-state index in [0.717, 1.165) is 48.4 Å². The van der Waals surface area contributed by atoms with Crippen LogP contribution in [0.4, 0.5) is 5.82 Å². The second-order valence-corrected chi connectivity index (χ2v) is 5.66. The minimum atomic E-state index is -0.0561. The van der Waals surface area contributed by atoms with Gasteiger partial charge in [-0.1, -0.05) is 20.4 Å². The van der Waals surface area contributed by atoms with E-state index >= 15 is 0 Å². The number of aryl methyl sites for hydroxylation is 1. The van der Waals surface area contributed by atoms with Crippen LogP contribution >= 0.6 is 0 Å². The fourth-order valence-electron chi connectivity index (χ4n) is 2.72. The van der Waals surface area contributed by atoms with Crippen LogP contribution in [0, 0.1) is 12.8 Å². The fraction of sp³-hybridized carbons (Fsp3) is 0.579. The Balaban J connectivity index is 0.00000170. The van der Waals surface area contributed by atoms with Crippen molar-refractivity contribution in [1.29, 1.82) is 0 Å². The molecule has 0 unspecified atom stereocenters. The van der Waals surface area contributed by atoms with Gasteiger partial charge in [0, 0.05) is 20.7 Å². The van der Waals surface area contributed by atoms with Gasteiger partial charge in [-0.3, -0.25) is 4.79 Å². The van der Waals surface area contributed by atoms with E-state index in [1.165, 1.54) is 0 Å². The molecule has 2 heterocycles. The summed E-state index contributed by atoms with van der Waals surface area (Å²) >= 11 is 0. The van der Waals surface area contributed by atoms with E-state index in [2.05, 4.69) is 29.5 Å². The lowest BCUT2D eigenvalue weighted by Crippen LogP contribution is -2.37. The number of aromatic nitrogens is 1. The first-order chi connectivity index (χ1) is 11.0. The second kappa shape index (κ2) is 9.33. The zero-order valence-corrected chi connectivity index (χ0v) is 15.2. The molecule has 1 saturated heterocycles. The maximum atomic E-state index is 11.8. The molecule has 4 heteroatoms. The van der Waals surface area contributed by atoms with Crippen molar-refractivity contribution in [1.82, 2.24) is 4.98 Å². The van der Waals surface area contributed by atoms with Crippen LogP contribution in [-0.2, 0) is 9.53 Å². The van der Waals surface area contributed by atoms with Crippen LogP contribution in [0.25, 0.3) is 5.57 Å². The predicted octanol–water partition coefficient (Wildman–Crippen LogP) is 4.47. The van der Waals surface area contributed by atoms with Gasteiger partial charge in [-0.25, -0.2) is 4.98 Å². The molecule has 1 aromatic heterocycles. The number of anilines is 1. The summed E-state index contributed by atoms with van der Waals surface area (Å²) < 4.78 is 5.11. The molecular formula is C19H32N2O2. The highest BCUT2D eigenvalue weighted by Gasteiger charge is 2.27. The number of hydrogen-bond donors (Lipinski definition) is 0. The molecule has 1 fully saturated rings. The Kier molecular flexibility index (Phi) is 7.79. The smallest absolute Gasteiger partial charge is 0.309 e. The van der Waals surface area contributed by atoms with Crippen molar-refractivity contribution in [2.45, 2.75) is 47.5 Å². The number of allylic oxidation sites excluding steroid dienone is 1. The molecule has 0 spiro atoms. The minimum Gasteiger partial charge on any atom is -0.466 e. The molecule has 1 aliphatic rings. The monoisotopic (exact) mass is 320 g/mol. The summed E-state index contributed by atoms with van der Waals surface area (Å²) in [5.74, 6) is 0.998. The first-order valence-electron chi connectivity index (χ1n) is 8.57. The van der Waals surface area contributed by atoms with E-state index in [1.807, 2.05) is 33.9 Å². The Hall–Kier alpha value is -1.84. The SMILES string of the molecule is C=C(C)c1cnc(N2CCC(C(=O)OCC)CC2)c(C)c1.CC.[HH]. The highest BCUT2D eigenvalue weighted by Crippen LogP contribution is 2.26. The molecule has 1 aliphatic heterocycles. The Morgan fingerprint density at radius 1 is 1.43 bits per heavy atom. The number of piperidine rings is 1. The van der Waals surface area contributed by atoms with Crippen LogP contribution in [0.15, 0.2) is 18.8 Å². The van der Waals surface area contributed by atoms with Crippen LogP contribution in [0.3, 0.4) is 0 Å². The molecule has 0 bridgehead atoms. The van der Waals surface area contributed by atoms with E-state index < -0.39 is 0 Å². The van der Waals surface area contributed by atoms with Crippen molar-refractivity contribution in [2.75, 3.05) is 24.6 Å². The zero-order valence-electron chi connectivity index (χ0n) is 15.2. The standard InChI is InChI=1S/C17H24N2O2.C2H6.H2/c1-5-21-17(20)14-6-8-19(9-7-14)16-13(4)10-15(11-18-16)12(2)3;1-2;/h10-11,14H,2,5-9H2,1,3-4H3;1-2H3;1H. The van der Waals surface area contributed by atoms with Gasteiger partial charge in [-0.2, -0.15) is 0 Å². The van der Waals surface area contributed by atoms with Crippen LogP contribution in [-0.4, -0.2) is 30.6 Å². The van der Waals surface area contributed by atoms with Gasteiger partial charge in [0.05, 0.1) is 12.5 Å². The molecule has 130 valence electrons. The van der Waals surface area contributed by atoms with Gasteiger partial charge in [0.25, 0.3) is 0 Å². The van der Waals surface area contributed by atoms with Crippen LogP contribution in [0.1, 0.15) is 53.1 Å². The first-order valence-corrected chi connectivity index (χ1v) is 8.57. The Morgan fingerprint density at radius 2 is 2.04 bits per heavy atom. The molecule has 23 heavy (non-hydrogen) atoms. The maximum absolute atomic E-state index is 11.8. The van der Waals surface area contributed by atoms with Gasteiger partial charge in [0.1, 0.15) is 5.82 Å². The Bertz CT molecular complexity index is 538. The van der Waals surface area contributed by atoms with Crippen LogP contribution < -0.4 is 4.90 Å². The number of carbonyl (C=O) groups excluding carboxylic acids is 1. The average molecular weight is 320 g/mol. The van der Waals surface area contributed by atoms with E-state index in [-0.39, 0.29) is 13.3 Å². The number of carbonyl (C=O) groups is 1. The van der Waals surface area contributed by atoms with Crippen molar-refractivity contribution < 1.29 is 11.0 Å². The first kappa shape index (κ1) is 19.2. The van der Waals surface area contributed by atoms with Crippen molar-refractivity contribution in [3.8, 4) is 0 Å². The Morgan fingerprint density at radius 3 is 2.52 bits per heavy atom. The third kappa shape index (κ3) is 5.08. The van der Waals surface area contributed by atoms with Crippen LogP contribution in [0.2, 0.25) is 0 Å². The van der Waals surface area contributed by atoms with Gasteiger partial charge in [0.2, 0.25) is 0 Å². The number of nitrogens with zero attached hydrogens (tertiary/aromatic N) is 2. The molecule has 0 radical (unpaired) electrons. The average Bonchev–Trinajstić information content (AvgIpc) is 2.57. The fourth-order valence-corrected chi connectivity index (χ4v) is 2.72. The summed E-state index contributed by atoms with van der Waals surface area (Å²) in [5, 5.41) is 0. The third-order valence-corrected chi connectivity index (χ3v) is 3.96. The van der Waals surface area contributed by atoms with Crippen molar-refractivity contribution in [3.63, 3.8) is 0 Å². The van der Waals surface area contributed by atoms with E-state index in [4.69, 9.17) is 4.74 Å². The van der Waals surface area contributed by atoms with Crippen molar-refractivity contribution in [3.05, 3.63) is 30.0 Å². The maximum Gasteiger partial charge on any atom is 0.309 e. The topological polar surface area (TPSA) is 42.4 Å².